The van der Waals surface area contributed by atoms with Crippen molar-refractivity contribution >= 4 is 15.9 Å². The number of aryl methyl sites for hydroxylation is 1. The van der Waals surface area contributed by atoms with Gasteiger partial charge in [-0.2, -0.15) is 0 Å². The van der Waals surface area contributed by atoms with Crippen molar-refractivity contribution in [2.24, 2.45) is 5.92 Å². The van der Waals surface area contributed by atoms with E-state index in [1.807, 2.05) is 19.1 Å². The third kappa shape index (κ3) is 3.29. The van der Waals surface area contributed by atoms with E-state index < -0.39 is 0 Å². The number of hydrogen-bond donors (Lipinski definition) is 0. The summed E-state index contributed by atoms with van der Waals surface area (Å²) < 4.78 is 5.69. The van der Waals surface area contributed by atoms with E-state index in [0.29, 0.717) is 5.92 Å². The Morgan fingerprint density at radius 1 is 1.57 bits per heavy atom. The Bertz CT molecular complexity index is 274. The zero-order chi connectivity index (χ0) is 10.4. The quantitative estimate of drug-likeness (QED) is 0.757. The standard InChI is InChI=1S/C11H16BrNO/c1-3-10(7-12)8-14-11-5-4-6-13-9(11)2/h4-6,10H,3,7-8H2,1-2H3. The number of pyridine rings is 1. The Labute approximate surface area is 93.8 Å². The number of rotatable bonds is 5. The van der Waals surface area contributed by atoms with Crippen molar-refractivity contribution in [3.05, 3.63) is 24.0 Å². The van der Waals surface area contributed by atoms with Gasteiger partial charge >= 0.3 is 0 Å². The van der Waals surface area contributed by atoms with Gasteiger partial charge in [-0.15, -0.1) is 0 Å². The number of aromatic nitrogens is 1. The molecule has 1 aromatic rings. The first-order chi connectivity index (χ1) is 6.77. The molecule has 0 amide bonds. The summed E-state index contributed by atoms with van der Waals surface area (Å²) in [5, 5.41) is 0.989. The van der Waals surface area contributed by atoms with Gasteiger partial charge in [-0.05, 0) is 25.5 Å². The molecule has 0 aliphatic rings. The second-order valence-corrected chi connectivity index (χ2v) is 3.97. The summed E-state index contributed by atoms with van der Waals surface area (Å²) in [6.07, 6.45) is 2.91. The van der Waals surface area contributed by atoms with Crippen LogP contribution in [0, 0.1) is 12.8 Å². The smallest absolute Gasteiger partial charge is 0.140 e. The zero-order valence-electron chi connectivity index (χ0n) is 8.66. The van der Waals surface area contributed by atoms with E-state index >= 15 is 0 Å². The number of halogens is 1. The number of alkyl halides is 1. The molecule has 0 saturated carbocycles. The molecule has 0 aliphatic heterocycles. The molecule has 0 fully saturated rings. The minimum Gasteiger partial charge on any atom is -0.491 e. The van der Waals surface area contributed by atoms with Crippen LogP contribution in [0.4, 0.5) is 0 Å². The van der Waals surface area contributed by atoms with Gasteiger partial charge in [0.15, 0.2) is 0 Å². The van der Waals surface area contributed by atoms with E-state index in [0.717, 1.165) is 29.8 Å². The minimum absolute atomic E-state index is 0.578. The van der Waals surface area contributed by atoms with Crippen LogP contribution in [0.2, 0.25) is 0 Å². The molecule has 0 bridgehead atoms. The van der Waals surface area contributed by atoms with Crippen molar-refractivity contribution in [1.29, 1.82) is 0 Å². The Kier molecular flexibility index (Phi) is 4.94. The van der Waals surface area contributed by atoms with E-state index in [9.17, 15) is 0 Å². The van der Waals surface area contributed by atoms with Crippen LogP contribution in [0.5, 0.6) is 5.75 Å². The van der Waals surface area contributed by atoms with Crippen LogP contribution in [0.25, 0.3) is 0 Å². The van der Waals surface area contributed by atoms with Crippen molar-refractivity contribution in [2.75, 3.05) is 11.9 Å². The molecule has 1 aromatic heterocycles. The summed E-state index contributed by atoms with van der Waals surface area (Å²) in [7, 11) is 0. The molecule has 78 valence electrons. The van der Waals surface area contributed by atoms with Gasteiger partial charge in [0.2, 0.25) is 0 Å². The molecule has 0 aromatic carbocycles. The lowest BCUT2D eigenvalue weighted by atomic mass is 10.1. The summed E-state index contributed by atoms with van der Waals surface area (Å²) in [4.78, 5) is 4.17. The van der Waals surface area contributed by atoms with E-state index in [1.165, 1.54) is 0 Å². The van der Waals surface area contributed by atoms with E-state index in [-0.39, 0.29) is 0 Å². The monoisotopic (exact) mass is 257 g/mol. The third-order valence-corrected chi connectivity index (χ3v) is 3.14. The molecule has 0 saturated heterocycles. The average molecular weight is 258 g/mol. The van der Waals surface area contributed by atoms with Crippen molar-refractivity contribution in [2.45, 2.75) is 20.3 Å². The lowest BCUT2D eigenvalue weighted by Gasteiger charge is -2.13. The summed E-state index contributed by atoms with van der Waals surface area (Å²) in [5.74, 6) is 1.47. The molecule has 1 unspecified atom stereocenters. The van der Waals surface area contributed by atoms with Crippen LogP contribution in [0.1, 0.15) is 19.0 Å². The van der Waals surface area contributed by atoms with Crippen LogP contribution in [-0.4, -0.2) is 16.9 Å². The largest absolute Gasteiger partial charge is 0.491 e. The van der Waals surface area contributed by atoms with Crippen molar-refractivity contribution < 1.29 is 4.74 Å². The zero-order valence-corrected chi connectivity index (χ0v) is 10.3. The molecule has 2 nitrogen and oxygen atoms in total. The average Bonchev–Trinajstić information content (AvgIpc) is 2.22. The summed E-state index contributed by atoms with van der Waals surface area (Å²) in [5.41, 5.74) is 0.955. The SMILES string of the molecule is CCC(CBr)COc1cccnc1C. The van der Waals surface area contributed by atoms with Gasteiger partial charge in [-0.1, -0.05) is 22.9 Å². The molecule has 0 spiro atoms. The molecule has 0 N–H and O–H groups in total. The lowest BCUT2D eigenvalue weighted by Crippen LogP contribution is -2.13. The van der Waals surface area contributed by atoms with Gasteiger partial charge < -0.3 is 4.74 Å². The minimum atomic E-state index is 0.578. The Morgan fingerprint density at radius 3 is 2.93 bits per heavy atom. The molecule has 0 aliphatic carbocycles. The summed E-state index contributed by atoms with van der Waals surface area (Å²) in [6, 6.07) is 3.86. The van der Waals surface area contributed by atoms with Crippen molar-refractivity contribution in [1.82, 2.24) is 4.98 Å². The molecule has 14 heavy (non-hydrogen) atoms. The van der Waals surface area contributed by atoms with Gasteiger partial charge in [0.05, 0.1) is 12.3 Å². The summed E-state index contributed by atoms with van der Waals surface area (Å²) >= 11 is 3.47. The highest BCUT2D eigenvalue weighted by molar-refractivity contribution is 9.09. The first-order valence-electron chi connectivity index (χ1n) is 4.88. The van der Waals surface area contributed by atoms with Crippen molar-refractivity contribution in [3.8, 4) is 5.75 Å². The first kappa shape index (κ1) is 11.5. The third-order valence-electron chi connectivity index (χ3n) is 2.23. The Morgan fingerprint density at radius 2 is 2.36 bits per heavy atom. The fourth-order valence-corrected chi connectivity index (χ4v) is 1.75. The van der Waals surface area contributed by atoms with Gasteiger partial charge in [0, 0.05) is 17.4 Å². The molecule has 1 rings (SSSR count). The van der Waals surface area contributed by atoms with Crippen LogP contribution in [0.3, 0.4) is 0 Å². The van der Waals surface area contributed by atoms with Gasteiger partial charge in [0.25, 0.3) is 0 Å². The molecule has 3 heteroatoms. The maximum Gasteiger partial charge on any atom is 0.140 e. The fourth-order valence-electron chi connectivity index (χ4n) is 1.10. The fraction of sp³-hybridized carbons (Fsp3) is 0.545. The van der Waals surface area contributed by atoms with Crippen LogP contribution >= 0.6 is 15.9 Å². The van der Waals surface area contributed by atoms with Crippen LogP contribution in [-0.2, 0) is 0 Å². The van der Waals surface area contributed by atoms with Gasteiger partial charge in [0.1, 0.15) is 5.75 Å². The highest BCUT2D eigenvalue weighted by Crippen LogP contribution is 2.16. The van der Waals surface area contributed by atoms with Gasteiger partial charge in [-0.3, -0.25) is 4.98 Å². The van der Waals surface area contributed by atoms with Gasteiger partial charge in [-0.25, -0.2) is 0 Å². The van der Waals surface area contributed by atoms with E-state index in [1.54, 1.807) is 6.20 Å². The first-order valence-corrected chi connectivity index (χ1v) is 6.00. The Balaban J connectivity index is 2.49. The molecular formula is C11H16BrNO. The van der Waals surface area contributed by atoms with Crippen LogP contribution < -0.4 is 4.74 Å². The molecule has 0 radical (unpaired) electrons. The van der Waals surface area contributed by atoms with Crippen LogP contribution in [0.15, 0.2) is 18.3 Å². The highest BCUT2D eigenvalue weighted by Gasteiger charge is 2.06. The number of nitrogens with zero attached hydrogens (tertiary/aromatic N) is 1. The second-order valence-electron chi connectivity index (χ2n) is 3.33. The highest BCUT2D eigenvalue weighted by atomic mass is 79.9. The van der Waals surface area contributed by atoms with E-state index in [2.05, 4.69) is 27.8 Å². The normalized spacial score (nSPS) is 12.5. The predicted molar refractivity (Wildman–Crippen MR) is 62.0 cm³/mol. The Hall–Kier alpha value is -0.570. The summed E-state index contributed by atoms with van der Waals surface area (Å²) in [6.45, 7) is 4.89. The molecule has 1 atom stereocenters. The topological polar surface area (TPSA) is 22.1 Å². The molecule has 1 heterocycles. The molecular weight excluding hydrogens is 242 g/mol. The lowest BCUT2D eigenvalue weighted by molar-refractivity contribution is 0.257. The van der Waals surface area contributed by atoms with Crippen molar-refractivity contribution in [3.63, 3.8) is 0 Å². The maximum absolute atomic E-state index is 5.69. The second kappa shape index (κ2) is 6.02. The van der Waals surface area contributed by atoms with E-state index in [4.69, 9.17) is 4.74 Å². The maximum atomic E-state index is 5.69. The number of ether oxygens (including phenoxy) is 1. The predicted octanol–water partition coefficient (Wildman–Crippen LogP) is 3.19. The number of hydrogen-bond acceptors (Lipinski definition) is 2.